The van der Waals surface area contributed by atoms with Crippen LogP contribution in [0.4, 0.5) is 0 Å². The van der Waals surface area contributed by atoms with E-state index in [-0.39, 0.29) is 11.8 Å². The SMILES string of the molecule is CNC1CCCN(S(=O)(=O)Cc2ccc(C)cc2)C1. The van der Waals surface area contributed by atoms with E-state index in [0.29, 0.717) is 13.1 Å². The molecule has 1 aromatic rings. The Bertz CT molecular complexity index is 511. The average molecular weight is 282 g/mol. The van der Waals surface area contributed by atoms with E-state index in [4.69, 9.17) is 0 Å². The summed E-state index contributed by atoms with van der Waals surface area (Å²) in [5.74, 6) is 0.101. The van der Waals surface area contributed by atoms with Gasteiger partial charge in [0.25, 0.3) is 0 Å². The van der Waals surface area contributed by atoms with Crippen LogP contribution in [0.3, 0.4) is 0 Å². The van der Waals surface area contributed by atoms with Crippen molar-refractivity contribution in [2.24, 2.45) is 0 Å². The summed E-state index contributed by atoms with van der Waals surface area (Å²) in [6.45, 7) is 3.23. The smallest absolute Gasteiger partial charge is 0.218 e. The highest BCUT2D eigenvalue weighted by atomic mass is 32.2. The van der Waals surface area contributed by atoms with Gasteiger partial charge in [-0.15, -0.1) is 0 Å². The van der Waals surface area contributed by atoms with Crippen LogP contribution in [-0.2, 0) is 15.8 Å². The monoisotopic (exact) mass is 282 g/mol. The van der Waals surface area contributed by atoms with E-state index in [1.54, 1.807) is 4.31 Å². The largest absolute Gasteiger partial charge is 0.316 e. The van der Waals surface area contributed by atoms with Gasteiger partial charge in [0.05, 0.1) is 5.75 Å². The van der Waals surface area contributed by atoms with Gasteiger partial charge >= 0.3 is 0 Å². The molecule has 1 saturated heterocycles. The first-order valence-electron chi connectivity index (χ1n) is 6.72. The fraction of sp³-hybridized carbons (Fsp3) is 0.571. The number of hydrogen-bond donors (Lipinski definition) is 1. The maximum absolute atomic E-state index is 12.4. The van der Waals surface area contributed by atoms with E-state index >= 15 is 0 Å². The van der Waals surface area contributed by atoms with Crippen molar-refractivity contribution in [2.75, 3.05) is 20.1 Å². The van der Waals surface area contributed by atoms with E-state index in [1.807, 2.05) is 38.2 Å². The molecule has 1 N–H and O–H groups in total. The molecule has 1 heterocycles. The van der Waals surface area contributed by atoms with Crippen molar-refractivity contribution in [1.82, 2.24) is 9.62 Å². The summed E-state index contributed by atoms with van der Waals surface area (Å²) in [6, 6.07) is 7.98. The fourth-order valence-corrected chi connectivity index (χ4v) is 4.03. The Balaban J connectivity index is 2.07. The van der Waals surface area contributed by atoms with Gasteiger partial charge in [0.15, 0.2) is 0 Å². The van der Waals surface area contributed by atoms with Gasteiger partial charge in [0, 0.05) is 19.1 Å². The number of piperidine rings is 1. The van der Waals surface area contributed by atoms with Crippen LogP contribution < -0.4 is 5.32 Å². The van der Waals surface area contributed by atoms with Crippen molar-refractivity contribution in [2.45, 2.75) is 31.6 Å². The lowest BCUT2D eigenvalue weighted by Crippen LogP contribution is -2.47. The number of likely N-dealkylation sites (N-methyl/N-ethyl adjacent to an activating group) is 1. The van der Waals surface area contributed by atoms with Crippen LogP contribution in [0, 0.1) is 6.92 Å². The molecule has 0 radical (unpaired) electrons. The molecule has 0 amide bonds. The standard InChI is InChI=1S/C14H22N2O2S/c1-12-5-7-13(8-6-12)11-19(17,18)16-9-3-4-14(10-16)15-2/h5-8,14-15H,3-4,9-11H2,1-2H3. The zero-order chi connectivity index (χ0) is 13.9. The highest BCUT2D eigenvalue weighted by molar-refractivity contribution is 7.88. The second kappa shape index (κ2) is 6.03. The van der Waals surface area contributed by atoms with Gasteiger partial charge in [0.2, 0.25) is 10.0 Å². The summed E-state index contributed by atoms with van der Waals surface area (Å²) < 4.78 is 26.4. The minimum Gasteiger partial charge on any atom is -0.316 e. The zero-order valence-corrected chi connectivity index (χ0v) is 12.4. The number of nitrogens with zero attached hydrogens (tertiary/aromatic N) is 1. The molecule has 2 rings (SSSR count). The number of rotatable bonds is 4. The van der Waals surface area contributed by atoms with Crippen LogP contribution in [0.1, 0.15) is 24.0 Å². The van der Waals surface area contributed by atoms with Crippen molar-refractivity contribution >= 4 is 10.0 Å². The summed E-state index contributed by atoms with van der Waals surface area (Å²) >= 11 is 0. The molecule has 1 atom stereocenters. The molecular weight excluding hydrogens is 260 g/mol. The molecule has 0 aliphatic carbocycles. The topological polar surface area (TPSA) is 49.4 Å². The Morgan fingerprint density at radius 3 is 2.63 bits per heavy atom. The Hall–Kier alpha value is -0.910. The first-order valence-corrected chi connectivity index (χ1v) is 8.33. The second-order valence-corrected chi connectivity index (χ2v) is 7.20. The molecule has 1 aliphatic heterocycles. The van der Waals surface area contributed by atoms with Gasteiger partial charge in [-0.3, -0.25) is 0 Å². The van der Waals surface area contributed by atoms with Gasteiger partial charge in [0.1, 0.15) is 0 Å². The van der Waals surface area contributed by atoms with Crippen LogP contribution in [-0.4, -0.2) is 38.9 Å². The van der Waals surface area contributed by atoms with Gasteiger partial charge in [-0.2, -0.15) is 0 Å². The summed E-state index contributed by atoms with van der Waals surface area (Å²) in [4.78, 5) is 0. The van der Waals surface area contributed by atoms with Crippen LogP contribution in [0.2, 0.25) is 0 Å². The van der Waals surface area contributed by atoms with Crippen molar-refractivity contribution in [1.29, 1.82) is 0 Å². The first kappa shape index (κ1) is 14.5. The average Bonchev–Trinajstić information content (AvgIpc) is 2.41. The van der Waals surface area contributed by atoms with E-state index < -0.39 is 10.0 Å². The van der Waals surface area contributed by atoms with Crippen molar-refractivity contribution in [3.63, 3.8) is 0 Å². The van der Waals surface area contributed by atoms with Gasteiger partial charge < -0.3 is 5.32 Å². The molecule has 1 aliphatic rings. The highest BCUT2D eigenvalue weighted by Gasteiger charge is 2.28. The lowest BCUT2D eigenvalue weighted by atomic mass is 10.1. The summed E-state index contributed by atoms with van der Waals surface area (Å²) in [7, 11) is -1.31. The Labute approximate surface area is 115 Å². The number of hydrogen-bond acceptors (Lipinski definition) is 3. The molecule has 0 saturated carbocycles. The minimum absolute atomic E-state index is 0.101. The quantitative estimate of drug-likeness (QED) is 0.910. The van der Waals surface area contributed by atoms with E-state index in [0.717, 1.165) is 24.0 Å². The fourth-order valence-electron chi connectivity index (χ4n) is 2.42. The Morgan fingerprint density at radius 2 is 2.00 bits per heavy atom. The third-order valence-electron chi connectivity index (χ3n) is 3.66. The van der Waals surface area contributed by atoms with Crippen LogP contribution in [0.25, 0.3) is 0 Å². The lowest BCUT2D eigenvalue weighted by Gasteiger charge is -2.31. The molecule has 0 spiro atoms. The van der Waals surface area contributed by atoms with Gasteiger partial charge in [-0.05, 0) is 32.4 Å². The zero-order valence-electron chi connectivity index (χ0n) is 11.6. The third kappa shape index (κ3) is 3.78. The Kier molecular flexibility index (Phi) is 4.60. The van der Waals surface area contributed by atoms with Gasteiger partial charge in [-0.1, -0.05) is 29.8 Å². The van der Waals surface area contributed by atoms with Gasteiger partial charge in [-0.25, -0.2) is 12.7 Å². The van der Waals surface area contributed by atoms with E-state index in [1.165, 1.54) is 0 Å². The number of aryl methyl sites for hydroxylation is 1. The maximum atomic E-state index is 12.4. The molecular formula is C14H22N2O2S. The maximum Gasteiger partial charge on any atom is 0.218 e. The van der Waals surface area contributed by atoms with Crippen LogP contribution in [0.5, 0.6) is 0 Å². The molecule has 5 heteroatoms. The molecule has 1 fully saturated rings. The predicted molar refractivity (Wildman–Crippen MR) is 77.5 cm³/mol. The Morgan fingerprint density at radius 1 is 1.32 bits per heavy atom. The van der Waals surface area contributed by atoms with Crippen LogP contribution in [0.15, 0.2) is 24.3 Å². The lowest BCUT2D eigenvalue weighted by molar-refractivity contribution is 0.292. The van der Waals surface area contributed by atoms with E-state index in [9.17, 15) is 8.42 Å². The minimum atomic E-state index is -3.20. The molecule has 1 unspecified atom stereocenters. The van der Waals surface area contributed by atoms with Crippen molar-refractivity contribution < 1.29 is 8.42 Å². The normalized spacial score (nSPS) is 21.5. The predicted octanol–water partition coefficient (Wildman–Crippen LogP) is 1.51. The summed E-state index contributed by atoms with van der Waals surface area (Å²) in [6.07, 6.45) is 1.98. The highest BCUT2D eigenvalue weighted by Crippen LogP contribution is 2.17. The molecule has 0 aromatic heterocycles. The number of sulfonamides is 1. The molecule has 0 bridgehead atoms. The molecule has 1 aromatic carbocycles. The summed E-state index contributed by atoms with van der Waals surface area (Å²) in [5.41, 5.74) is 2.01. The first-order chi connectivity index (χ1) is 9.01. The summed E-state index contributed by atoms with van der Waals surface area (Å²) in [5, 5.41) is 3.17. The molecule has 106 valence electrons. The van der Waals surface area contributed by atoms with Crippen molar-refractivity contribution in [3.05, 3.63) is 35.4 Å². The van der Waals surface area contributed by atoms with E-state index in [2.05, 4.69) is 5.32 Å². The number of benzene rings is 1. The molecule has 19 heavy (non-hydrogen) atoms. The third-order valence-corrected chi connectivity index (χ3v) is 5.47. The van der Waals surface area contributed by atoms with Crippen LogP contribution >= 0.6 is 0 Å². The molecule has 4 nitrogen and oxygen atoms in total. The second-order valence-electron chi connectivity index (χ2n) is 5.23. The number of nitrogens with one attached hydrogen (secondary N) is 1. The van der Waals surface area contributed by atoms with Crippen molar-refractivity contribution in [3.8, 4) is 0 Å².